The molecule has 2 aromatic heterocycles. The molecule has 9 heteroatoms. The highest BCUT2D eigenvalue weighted by Gasteiger charge is 2.69. The highest BCUT2D eigenvalue weighted by molar-refractivity contribution is 5.94. The minimum Gasteiger partial charge on any atom is -0.339 e. The van der Waals surface area contributed by atoms with Gasteiger partial charge in [0.25, 0.3) is 5.89 Å². The maximum atomic E-state index is 14.4. The van der Waals surface area contributed by atoms with Crippen LogP contribution in [0.25, 0.3) is 11.5 Å². The third kappa shape index (κ3) is 4.72. The fraction of sp³-hybridized carbons (Fsp3) is 0.676. The first-order valence-corrected chi connectivity index (χ1v) is 16.6. The largest absolute Gasteiger partial charge is 0.339 e. The van der Waals surface area contributed by atoms with Crippen LogP contribution in [0.4, 0.5) is 10.1 Å². The molecule has 226 valence electrons. The number of anilines is 1. The first-order valence-electron chi connectivity index (χ1n) is 16.6. The molecule has 43 heavy (non-hydrogen) atoms. The van der Waals surface area contributed by atoms with Crippen LogP contribution in [0.15, 0.2) is 33.3 Å². The third-order valence-corrected chi connectivity index (χ3v) is 11.9. The zero-order chi connectivity index (χ0) is 28.9. The van der Waals surface area contributed by atoms with E-state index in [0.717, 1.165) is 86.1 Å². The predicted octanol–water partition coefficient (Wildman–Crippen LogP) is 6.93. The second kappa shape index (κ2) is 9.21. The molecule has 4 bridgehead atoms. The van der Waals surface area contributed by atoms with Crippen molar-refractivity contribution < 1.29 is 18.2 Å². The number of aromatic nitrogens is 4. The van der Waals surface area contributed by atoms with E-state index in [-0.39, 0.29) is 22.2 Å². The van der Waals surface area contributed by atoms with Gasteiger partial charge in [0.05, 0.1) is 0 Å². The Kier molecular flexibility index (Phi) is 5.63. The smallest absolute Gasteiger partial charge is 0.257 e. The number of carbonyl (C=O) groups excluding carboxylic acids is 1. The number of alkyl halides is 1. The summed E-state index contributed by atoms with van der Waals surface area (Å²) in [5.74, 6) is 4.49. The van der Waals surface area contributed by atoms with Crippen LogP contribution in [-0.4, -0.2) is 38.4 Å². The second-order valence-electron chi connectivity index (χ2n) is 15.5. The highest BCUT2D eigenvalue weighted by atomic mass is 19.1. The summed E-state index contributed by atoms with van der Waals surface area (Å²) < 4.78 is 25.9. The van der Waals surface area contributed by atoms with E-state index in [4.69, 9.17) is 14.0 Å². The first kappa shape index (κ1) is 26.3. The van der Waals surface area contributed by atoms with Gasteiger partial charge in [-0.05, 0) is 124 Å². The lowest BCUT2D eigenvalue weighted by molar-refractivity contribution is -0.215. The van der Waals surface area contributed by atoms with Gasteiger partial charge in [-0.15, -0.1) is 0 Å². The first-order chi connectivity index (χ1) is 20.8. The number of rotatable bonds is 11. The molecule has 1 amide bonds. The summed E-state index contributed by atoms with van der Waals surface area (Å²) in [6.45, 7) is 0.676. The highest BCUT2D eigenvalue weighted by Crippen LogP contribution is 2.71. The topological polar surface area (TPSA) is 98.2 Å². The van der Waals surface area contributed by atoms with Gasteiger partial charge in [-0.25, -0.2) is 4.39 Å². The lowest BCUT2D eigenvalue weighted by Gasteiger charge is -2.66. The van der Waals surface area contributed by atoms with E-state index in [1.807, 2.05) is 29.2 Å². The summed E-state index contributed by atoms with van der Waals surface area (Å²) >= 11 is 0. The van der Waals surface area contributed by atoms with Crippen molar-refractivity contribution >= 4 is 11.6 Å². The summed E-state index contributed by atoms with van der Waals surface area (Å²) in [6.07, 6.45) is 15.0. The molecule has 0 radical (unpaired) electrons. The number of halogens is 1. The zero-order valence-electron chi connectivity index (χ0n) is 24.8. The number of carbonyl (C=O) groups is 1. The Morgan fingerprint density at radius 3 is 2.16 bits per heavy atom. The van der Waals surface area contributed by atoms with E-state index in [9.17, 15) is 9.18 Å². The third-order valence-electron chi connectivity index (χ3n) is 11.9. The van der Waals surface area contributed by atoms with Gasteiger partial charge in [-0.1, -0.05) is 16.4 Å². The van der Waals surface area contributed by atoms with Crippen LogP contribution < -0.4 is 4.90 Å². The molecule has 1 aromatic carbocycles. The Labute approximate surface area is 251 Å². The molecule has 0 aliphatic heterocycles. The minimum atomic E-state index is -1.01. The molecule has 0 unspecified atom stereocenters. The number of amides is 1. The predicted molar refractivity (Wildman–Crippen MR) is 156 cm³/mol. The fourth-order valence-corrected chi connectivity index (χ4v) is 8.92. The van der Waals surface area contributed by atoms with Crippen molar-refractivity contribution in [2.45, 2.75) is 114 Å². The van der Waals surface area contributed by atoms with Crippen LogP contribution >= 0.6 is 0 Å². The van der Waals surface area contributed by atoms with Gasteiger partial charge in [0.15, 0.2) is 11.6 Å². The van der Waals surface area contributed by atoms with Crippen molar-refractivity contribution in [1.82, 2.24) is 20.3 Å². The average Bonchev–Trinajstić information content (AvgIpc) is 3.88. The van der Waals surface area contributed by atoms with Crippen molar-refractivity contribution in [2.24, 2.45) is 22.7 Å². The molecule has 2 heterocycles. The van der Waals surface area contributed by atoms with Crippen LogP contribution in [0, 0.1) is 22.7 Å². The minimum absolute atomic E-state index is 0.0251. The Morgan fingerprint density at radius 2 is 1.51 bits per heavy atom. The fourth-order valence-electron chi connectivity index (χ4n) is 8.92. The van der Waals surface area contributed by atoms with Crippen molar-refractivity contribution in [3.63, 3.8) is 0 Å². The van der Waals surface area contributed by atoms with E-state index in [1.54, 1.807) is 0 Å². The molecule has 3 aromatic rings. The van der Waals surface area contributed by atoms with Gasteiger partial charge in [0, 0.05) is 42.5 Å². The Balaban J connectivity index is 0.955. The quantitative estimate of drug-likeness (QED) is 0.241. The van der Waals surface area contributed by atoms with Gasteiger partial charge in [-0.2, -0.15) is 9.97 Å². The van der Waals surface area contributed by atoms with Crippen molar-refractivity contribution in [2.75, 3.05) is 11.4 Å². The molecule has 0 spiro atoms. The van der Waals surface area contributed by atoms with Crippen molar-refractivity contribution in [1.29, 1.82) is 0 Å². The summed E-state index contributed by atoms with van der Waals surface area (Å²) in [4.78, 5) is 25.7. The lowest BCUT2D eigenvalue weighted by atomic mass is 9.41. The summed E-state index contributed by atoms with van der Waals surface area (Å²) in [5, 5.41) is 8.55. The Bertz CT molecular complexity index is 1530. The second-order valence-corrected chi connectivity index (χ2v) is 15.5. The van der Waals surface area contributed by atoms with Gasteiger partial charge >= 0.3 is 0 Å². The molecule has 8 aliphatic carbocycles. The van der Waals surface area contributed by atoms with E-state index in [2.05, 4.69) is 15.3 Å². The summed E-state index contributed by atoms with van der Waals surface area (Å²) in [6, 6.07) is 8.00. The molecular formula is C34H40FN5O3. The molecule has 8 fully saturated rings. The van der Waals surface area contributed by atoms with Crippen LogP contribution in [-0.2, 0) is 23.1 Å². The zero-order valence-corrected chi connectivity index (χ0v) is 24.8. The maximum Gasteiger partial charge on any atom is 0.257 e. The van der Waals surface area contributed by atoms with Gasteiger partial charge in [0.2, 0.25) is 11.8 Å². The Hall–Kier alpha value is -3.10. The molecule has 0 N–H and O–H groups in total. The number of hydrogen-bond acceptors (Lipinski definition) is 7. The number of nitrogens with zero attached hydrogens (tertiary/aromatic N) is 5. The maximum absolute atomic E-state index is 14.4. The SMILES string of the molecule is O=C(CC12CC(F)(C1)C2)N(CC12CCC(c3nc(CC4CC4)no3)(CC1)CC2)c1cccc(-c2nc(CC3CC3)no2)c1. The number of benzene rings is 1. The molecular weight excluding hydrogens is 545 g/mol. The van der Waals surface area contributed by atoms with Crippen LogP contribution in [0.3, 0.4) is 0 Å². The molecule has 8 aliphatic rings. The van der Waals surface area contributed by atoms with E-state index >= 15 is 0 Å². The molecule has 8 saturated carbocycles. The lowest BCUT2D eigenvalue weighted by Crippen LogP contribution is -2.65. The Morgan fingerprint density at radius 1 is 0.860 bits per heavy atom. The van der Waals surface area contributed by atoms with Crippen LogP contribution in [0.1, 0.15) is 107 Å². The van der Waals surface area contributed by atoms with Gasteiger partial charge < -0.3 is 13.9 Å². The summed E-state index contributed by atoms with van der Waals surface area (Å²) in [7, 11) is 0. The molecule has 0 atom stereocenters. The van der Waals surface area contributed by atoms with Crippen molar-refractivity contribution in [3.8, 4) is 11.5 Å². The monoisotopic (exact) mass is 585 g/mol. The number of fused-ring (bicyclic) bond motifs is 3. The van der Waals surface area contributed by atoms with Gasteiger partial charge in [0.1, 0.15) is 5.67 Å². The van der Waals surface area contributed by atoms with Crippen LogP contribution in [0.2, 0.25) is 0 Å². The molecule has 11 rings (SSSR count). The standard InChI is InChI=1S/C34H40FN5O3/c35-34-18-32(19-34,20-34)17-28(41)40(25-3-1-2-24(16-25)29-36-26(38-42-29)14-22-4-5-22)21-31-8-11-33(12-9-31,13-10-31)30-37-27(39-43-30)15-23-6-7-23/h1-3,16,22-23H,4-15,17-21H2. The number of hydrogen-bond donors (Lipinski definition) is 0. The van der Waals surface area contributed by atoms with E-state index in [1.165, 1.54) is 25.7 Å². The van der Waals surface area contributed by atoms with E-state index in [0.29, 0.717) is 44.0 Å². The molecule has 8 nitrogen and oxygen atoms in total. The normalized spacial score (nSPS) is 34.1. The van der Waals surface area contributed by atoms with E-state index < -0.39 is 5.67 Å². The summed E-state index contributed by atoms with van der Waals surface area (Å²) in [5.41, 5.74) is 0.567. The van der Waals surface area contributed by atoms with Crippen molar-refractivity contribution in [3.05, 3.63) is 41.8 Å². The molecule has 0 saturated heterocycles. The average molecular weight is 586 g/mol. The van der Waals surface area contributed by atoms with Crippen LogP contribution in [0.5, 0.6) is 0 Å². The van der Waals surface area contributed by atoms with Gasteiger partial charge in [-0.3, -0.25) is 4.79 Å².